The molecule has 7 nitrogen and oxygen atoms in total. The van der Waals surface area contributed by atoms with Crippen LogP contribution < -0.4 is 9.46 Å². The zero-order valence-electron chi connectivity index (χ0n) is 13.4. The van der Waals surface area contributed by atoms with Crippen LogP contribution in [0.2, 0.25) is 0 Å². The van der Waals surface area contributed by atoms with Crippen molar-refractivity contribution in [2.45, 2.75) is 11.4 Å². The van der Waals surface area contributed by atoms with Gasteiger partial charge in [-0.05, 0) is 30.3 Å². The van der Waals surface area contributed by atoms with Crippen molar-refractivity contribution in [1.29, 1.82) is 0 Å². The van der Waals surface area contributed by atoms with Gasteiger partial charge in [0, 0.05) is 10.0 Å². The van der Waals surface area contributed by atoms with Crippen LogP contribution in [0.5, 0.6) is 5.75 Å². The lowest BCUT2D eigenvalue weighted by Crippen LogP contribution is -2.23. The van der Waals surface area contributed by atoms with Gasteiger partial charge < -0.3 is 9.26 Å². The van der Waals surface area contributed by atoms with Crippen LogP contribution >= 0.6 is 15.9 Å². The van der Waals surface area contributed by atoms with E-state index in [0.29, 0.717) is 5.82 Å². The normalized spacial score (nSPS) is 11.5. The maximum atomic E-state index is 13.7. The van der Waals surface area contributed by atoms with Crippen LogP contribution in [0.3, 0.4) is 0 Å². The third kappa shape index (κ3) is 4.09. The second kappa shape index (κ2) is 7.52. The summed E-state index contributed by atoms with van der Waals surface area (Å²) in [5, 5.41) is 3.82. The van der Waals surface area contributed by atoms with Gasteiger partial charge in [0.05, 0.1) is 18.6 Å². The van der Waals surface area contributed by atoms with Crippen molar-refractivity contribution in [2.24, 2.45) is 0 Å². The predicted octanol–water partition coefficient (Wildman–Crippen LogP) is 3.13. The van der Waals surface area contributed by atoms with Gasteiger partial charge in [0.1, 0.15) is 0 Å². The fourth-order valence-corrected chi connectivity index (χ4v) is 3.51. The van der Waals surface area contributed by atoms with Crippen LogP contribution in [0.4, 0.5) is 4.39 Å². The van der Waals surface area contributed by atoms with Gasteiger partial charge in [0.2, 0.25) is 21.7 Å². The summed E-state index contributed by atoms with van der Waals surface area (Å²) in [5.74, 6) is -0.404. The van der Waals surface area contributed by atoms with Crippen LogP contribution in [0.25, 0.3) is 11.4 Å². The second-order valence-corrected chi connectivity index (χ2v) is 7.83. The van der Waals surface area contributed by atoms with Gasteiger partial charge in [-0.15, -0.1) is 0 Å². The molecule has 0 fully saturated rings. The van der Waals surface area contributed by atoms with E-state index >= 15 is 0 Å². The first-order chi connectivity index (χ1) is 12.4. The highest BCUT2D eigenvalue weighted by molar-refractivity contribution is 9.10. The molecule has 3 aromatic rings. The van der Waals surface area contributed by atoms with Crippen molar-refractivity contribution < 1.29 is 22.1 Å². The van der Waals surface area contributed by atoms with E-state index in [4.69, 9.17) is 9.26 Å². The number of sulfonamides is 1. The van der Waals surface area contributed by atoms with Crippen molar-refractivity contribution in [2.75, 3.05) is 7.11 Å². The van der Waals surface area contributed by atoms with E-state index < -0.39 is 15.8 Å². The Balaban J connectivity index is 1.73. The Hall–Kier alpha value is -2.30. The van der Waals surface area contributed by atoms with Crippen molar-refractivity contribution in [3.05, 3.63) is 58.6 Å². The predicted molar refractivity (Wildman–Crippen MR) is 94.4 cm³/mol. The number of nitrogens with zero attached hydrogens (tertiary/aromatic N) is 2. The van der Waals surface area contributed by atoms with Gasteiger partial charge in [-0.1, -0.05) is 33.2 Å². The lowest BCUT2D eigenvalue weighted by molar-refractivity contribution is 0.375. The van der Waals surface area contributed by atoms with Gasteiger partial charge in [0.15, 0.2) is 11.6 Å². The molecule has 2 aromatic carbocycles. The monoisotopic (exact) mass is 441 g/mol. The number of ether oxygens (including phenoxy) is 1. The average Bonchev–Trinajstić information content (AvgIpc) is 3.09. The smallest absolute Gasteiger partial charge is 0.242 e. The molecule has 0 amide bonds. The fraction of sp³-hybridized carbons (Fsp3) is 0.125. The summed E-state index contributed by atoms with van der Waals surface area (Å²) >= 11 is 3.35. The Morgan fingerprint density at radius 3 is 2.77 bits per heavy atom. The van der Waals surface area contributed by atoms with E-state index in [0.717, 1.165) is 16.1 Å². The minimum absolute atomic E-state index is 0.0421. The Bertz CT molecular complexity index is 1040. The zero-order chi connectivity index (χ0) is 18.7. The van der Waals surface area contributed by atoms with Gasteiger partial charge in [-0.2, -0.15) is 4.98 Å². The highest BCUT2D eigenvalue weighted by Crippen LogP contribution is 2.22. The fourth-order valence-electron chi connectivity index (χ4n) is 2.13. The molecular weight excluding hydrogens is 429 g/mol. The molecule has 0 aliphatic heterocycles. The summed E-state index contributed by atoms with van der Waals surface area (Å²) in [4.78, 5) is 3.91. The molecule has 0 spiro atoms. The van der Waals surface area contributed by atoms with E-state index in [2.05, 4.69) is 30.8 Å². The minimum atomic E-state index is -3.95. The van der Waals surface area contributed by atoms with Crippen LogP contribution in [-0.2, 0) is 16.6 Å². The molecule has 0 aliphatic carbocycles. The molecule has 0 atom stereocenters. The number of benzene rings is 2. The van der Waals surface area contributed by atoms with Gasteiger partial charge in [0.25, 0.3) is 0 Å². The van der Waals surface area contributed by atoms with Crippen molar-refractivity contribution >= 4 is 26.0 Å². The first kappa shape index (κ1) is 18.5. The summed E-state index contributed by atoms with van der Waals surface area (Å²) < 4.78 is 51.2. The van der Waals surface area contributed by atoms with Crippen LogP contribution in [0, 0.1) is 5.82 Å². The molecule has 0 saturated heterocycles. The SMILES string of the molecule is COc1ccc(S(=O)(=O)NCc2nc(-c3cccc(Br)c3)no2)cc1F. The van der Waals surface area contributed by atoms with Crippen LogP contribution in [-0.4, -0.2) is 25.7 Å². The molecule has 0 aliphatic rings. The molecule has 136 valence electrons. The third-order valence-electron chi connectivity index (χ3n) is 3.40. The first-order valence-electron chi connectivity index (χ1n) is 7.31. The van der Waals surface area contributed by atoms with Gasteiger partial charge in [-0.3, -0.25) is 0 Å². The molecule has 1 aromatic heterocycles. The molecule has 0 unspecified atom stereocenters. The van der Waals surface area contributed by atoms with E-state index in [1.54, 1.807) is 12.1 Å². The maximum Gasteiger partial charge on any atom is 0.242 e. The van der Waals surface area contributed by atoms with Gasteiger partial charge >= 0.3 is 0 Å². The Morgan fingerprint density at radius 1 is 1.27 bits per heavy atom. The molecule has 0 radical (unpaired) electrons. The average molecular weight is 442 g/mol. The van der Waals surface area contributed by atoms with Crippen LogP contribution in [0.15, 0.2) is 56.4 Å². The molecule has 0 bridgehead atoms. The van der Waals surface area contributed by atoms with Gasteiger partial charge in [-0.25, -0.2) is 17.5 Å². The first-order valence-corrected chi connectivity index (χ1v) is 9.58. The molecule has 1 heterocycles. The molecular formula is C16H13BrFN3O4S. The zero-order valence-corrected chi connectivity index (χ0v) is 15.8. The van der Waals surface area contributed by atoms with E-state index in [1.165, 1.54) is 19.2 Å². The van der Waals surface area contributed by atoms with Crippen LogP contribution in [0.1, 0.15) is 5.89 Å². The summed E-state index contributed by atoms with van der Waals surface area (Å²) in [6, 6.07) is 10.6. The van der Waals surface area contributed by atoms with E-state index in [-0.39, 0.29) is 23.1 Å². The number of nitrogens with one attached hydrogen (secondary N) is 1. The number of hydrogen-bond acceptors (Lipinski definition) is 6. The summed E-state index contributed by atoms with van der Waals surface area (Å²) in [7, 11) is -2.65. The molecule has 10 heteroatoms. The molecule has 1 N–H and O–H groups in total. The Labute approximate surface area is 157 Å². The lowest BCUT2D eigenvalue weighted by Gasteiger charge is -2.06. The van der Waals surface area contributed by atoms with E-state index in [1.807, 2.05) is 12.1 Å². The number of rotatable bonds is 6. The highest BCUT2D eigenvalue weighted by atomic mass is 79.9. The molecule has 0 saturated carbocycles. The topological polar surface area (TPSA) is 94.3 Å². The van der Waals surface area contributed by atoms with E-state index in [9.17, 15) is 12.8 Å². The standard InChI is InChI=1S/C16H13BrFN3O4S/c1-24-14-6-5-12(8-13(14)18)26(22,23)19-9-15-20-16(21-25-15)10-3-2-4-11(17)7-10/h2-8,19H,9H2,1H3. The molecule has 26 heavy (non-hydrogen) atoms. The number of aromatic nitrogens is 2. The quantitative estimate of drug-likeness (QED) is 0.631. The number of methoxy groups -OCH3 is 1. The lowest BCUT2D eigenvalue weighted by atomic mass is 10.2. The Kier molecular flexibility index (Phi) is 5.35. The highest BCUT2D eigenvalue weighted by Gasteiger charge is 2.18. The number of hydrogen-bond donors (Lipinski definition) is 1. The summed E-state index contributed by atoms with van der Waals surface area (Å²) in [6.45, 7) is -0.225. The maximum absolute atomic E-state index is 13.7. The minimum Gasteiger partial charge on any atom is -0.494 e. The van der Waals surface area contributed by atoms with Crippen molar-refractivity contribution in [3.63, 3.8) is 0 Å². The molecule has 3 rings (SSSR count). The summed E-state index contributed by atoms with van der Waals surface area (Å²) in [5.41, 5.74) is 0.717. The largest absolute Gasteiger partial charge is 0.494 e. The van der Waals surface area contributed by atoms with Crippen molar-refractivity contribution in [3.8, 4) is 17.1 Å². The third-order valence-corrected chi connectivity index (χ3v) is 5.29. The summed E-state index contributed by atoms with van der Waals surface area (Å²) in [6.07, 6.45) is 0. The second-order valence-electron chi connectivity index (χ2n) is 5.14. The Morgan fingerprint density at radius 2 is 2.08 bits per heavy atom. The number of halogens is 2. The van der Waals surface area contributed by atoms with Crippen molar-refractivity contribution in [1.82, 2.24) is 14.9 Å².